The first kappa shape index (κ1) is 14.3. The van der Waals surface area contributed by atoms with Gasteiger partial charge in [-0.2, -0.15) is 0 Å². The van der Waals surface area contributed by atoms with Crippen molar-refractivity contribution in [2.45, 2.75) is 38.5 Å². The van der Waals surface area contributed by atoms with Crippen LogP contribution in [0.3, 0.4) is 0 Å². The maximum absolute atomic E-state index is 2.42. The largest absolute Gasteiger partial charge is 0.0836 e. The molecule has 0 aliphatic heterocycles. The third-order valence-corrected chi connectivity index (χ3v) is 6.86. The predicted molar refractivity (Wildman–Crippen MR) is 106 cm³/mol. The van der Waals surface area contributed by atoms with Crippen molar-refractivity contribution in [3.05, 3.63) is 62.8 Å². The van der Waals surface area contributed by atoms with E-state index >= 15 is 0 Å². The minimum atomic E-state index is 0.807. The second-order valence-corrected chi connectivity index (χ2v) is 8.58. The fraction of sp³-hybridized carbons (Fsp3) is 0.364. The van der Waals surface area contributed by atoms with Gasteiger partial charge in [-0.25, -0.2) is 0 Å². The molecule has 0 nitrogen and oxygen atoms in total. The van der Waals surface area contributed by atoms with E-state index in [9.17, 15) is 0 Å². The van der Waals surface area contributed by atoms with Crippen LogP contribution in [0.25, 0.3) is 16.3 Å². The van der Waals surface area contributed by atoms with Crippen molar-refractivity contribution in [1.29, 1.82) is 0 Å². The highest BCUT2D eigenvalue weighted by atomic mass is 127. The summed E-state index contributed by atoms with van der Waals surface area (Å²) in [5.41, 5.74) is 6.46. The van der Waals surface area contributed by atoms with Crippen molar-refractivity contribution in [1.82, 2.24) is 0 Å². The van der Waals surface area contributed by atoms with E-state index in [0.717, 1.165) is 11.8 Å². The molecular weight excluding hydrogens is 391 g/mol. The molecule has 0 aromatic heterocycles. The van der Waals surface area contributed by atoms with Crippen LogP contribution in [0.5, 0.6) is 0 Å². The number of allylic oxidation sites excluding steroid dienone is 4. The highest BCUT2D eigenvalue weighted by Crippen LogP contribution is 2.49. The smallest absolute Gasteiger partial charge is 0.0136 e. The molecule has 2 aromatic rings. The molecule has 0 spiro atoms. The molecule has 5 rings (SSSR count). The zero-order valence-electron chi connectivity index (χ0n) is 13.3. The van der Waals surface area contributed by atoms with Gasteiger partial charge in [0.2, 0.25) is 0 Å². The summed E-state index contributed by atoms with van der Waals surface area (Å²) in [6.07, 6.45) is 12.9. The number of hydrogen-bond donors (Lipinski definition) is 0. The van der Waals surface area contributed by atoms with E-state index in [1.807, 2.05) is 0 Å². The molecule has 0 heterocycles. The third-order valence-electron chi connectivity index (χ3n) is 6.18. The Morgan fingerprint density at radius 2 is 1.96 bits per heavy atom. The van der Waals surface area contributed by atoms with Crippen LogP contribution in [-0.4, -0.2) is 0 Å². The van der Waals surface area contributed by atoms with E-state index in [2.05, 4.69) is 65.1 Å². The van der Waals surface area contributed by atoms with Gasteiger partial charge in [0.25, 0.3) is 0 Å². The summed E-state index contributed by atoms with van der Waals surface area (Å²) in [6, 6.07) is 11.7. The van der Waals surface area contributed by atoms with E-state index in [0.29, 0.717) is 0 Å². The maximum Gasteiger partial charge on any atom is 0.0136 e. The third kappa shape index (κ3) is 2.23. The number of halogens is 1. The normalized spacial score (nSPS) is 23.6. The van der Waals surface area contributed by atoms with Gasteiger partial charge in [-0.3, -0.25) is 0 Å². The van der Waals surface area contributed by atoms with Gasteiger partial charge in [0.1, 0.15) is 0 Å². The molecule has 0 saturated heterocycles. The van der Waals surface area contributed by atoms with E-state index < -0.39 is 0 Å². The second-order valence-electron chi connectivity index (χ2n) is 7.34. The monoisotopic (exact) mass is 412 g/mol. The Morgan fingerprint density at radius 3 is 2.78 bits per heavy atom. The molecule has 0 bridgehead atoms. The van der Waals surface area contributed by atoms with E-state index in [1.54, 1.807) is 16.7 Å². The van der Waals surface area contributed by atoms with Crippen molar-refractivity contribution in [2.75, 3.05) is 0 Å². The lowest BCUT2D eigenvalue weighted by molar-refractivity contribution is 0.227. The first-order valence-electron chi connectivity index (χ1n) is 8.92. The standard InChI is InChI=1S/C22H21I/c23-16-9-11-17-15(12-16)8-10-20-18-6-1-2-7-19(18)21(13-22(17)20)14-4-3-5-14/h1,6,8-12,14,21H,2-5,7,13H2. The molecule has 3 aliphatic rings. The number of hydrogen-bond acceptors (Lipinski definition) is 0. The van der Waals surface area contributed by atoms with Crippen molar-refractivity contribution in [2.24, 2.45) is 11.8 Å². The van der Waals surface area contributed by atoms with Gasteiger partial charge >= 0.3 is 0 Å². The van der Waals surface area contributed by atoms with Gasteiger partial charge in [-0.1, -0.05) is 42.3 Å². The Kier molecular flexibility index (Phi) is 3.40. The van der Waals surface area contributed by atoms with Crippen LogP contribution >= 0.6 is 22.6 Å². The summed E-state index contributed by atoms with van der Waals surface area (Å²) < 4.78 is 1.33. The van der Waals surface area contributed by atoms with Crippen LogP contribution in [0.15, 0.2) is 48.1 Å². The highest BCUT2D eigenvalue weighted by molar-refractivity contribution is 14.1. The predicted octanol–water partition coefficient (Wildman–Crippen LogP) is 6.52. The van der Waals surface area contributed by atoms with Gasteiger partial charge in [-0.05, 0) is 106 Å². The van der Waals surface area contributed by atoms with Crippen LogP contribution in [0.4, 0.5) is 0 Å². The molecule has 1 unspecified atom stereocenters. The van der Waals surface area contributed by atoms with Gasteiger partial charge < -0.3 is 0 Å². The second kappa shape index (κ2) is 5.47. The molecule has 2 aromatic carbocycles. The zero-order chi connectivity index (χ0) is 15.4. The molecule has 0 N–H and O–H groups in total. The molecule has 1 saturated carbocycles. The molecule has 0 amide bonds. The Labute approximate surface area is 151 Å². The fourth-order valence-electron chi connectivity index (χ4n) is 4.80. The molecule has 3 aliphatic carbocycles. The van der Waals surface area contributed by atoms with Crippen molar-refractivity contribution >= 4 is 38.9 Å². The zero-order valence-corrected chi connectivity index (χ0v) is 15.5. The average molecular weight is 412 g/mol. The molecule has 23 heavy (non-hydrogen) atoms. The molecule has 1 fully saturated rings. The number of fused-ring (bicyclic) bond motifs is 4. The van der Waals surface area contributed by atoms with E-state index in [-0.39, 0.29) is 0 Å². The topological polar surface area (TPSA) is 0 Å². The van der Waals surface area contributed by atoms with Gasteiger partial charge in [0.15, 0.2) is 0 Å². The number of rotatable bonds is 1. The van der Waals surface area contributed by atoms with Gasteiger partial charge in [0.05, 0.1) is 0 Å². The number of benzene rings is 2. The summed E-state index contributed by atoms with van der Waals surface area (Å²) in [4.78, 5) is 0. The first-order chi connectivity index (χ1) is 11.3. The Balaban J connectivity index is 1.74. The van der Waals surface area contributed by atoms with Gasteiger partial charge in [0, 0.05) is 3.57 Å². The Hall–Kier alpha value is -1.09. The summed E-state index contributed by atoms with van der Waals surface area (Å²) >= 11 is 2.42. The van der Waals surface area contributed by atoms with Crippen LogP contribution in [0.1, 0.15) is 43.2 Å². The Morgan fingerprint density at radius 1 is 1.04 bits per heavy atom. The van der Waals surface area contributed by atoms with Crippen molar-refractivity contribution in [3.63, 3.8) is 0 Å². The maximum atomic E-state index is 2.42. The summed E-state index contributed by atoms with van der Waals surface area (Å²) in [5.74, 6) is 1.75. The minimum Gasteiger partial charge on any atom is -0.0836 e. The minimum absolute atomic E-state index is 0.807. The van der Waals surface area contributed by atoms with Crippen LogP contribution in [0, 0.1) is 15.4 Å². The van der Waals surface area contributed by atoms with Crippen LogP contribution in [0.2, 0.25) is 0 Å². The van der Waals surface area contributed by atoms with E-state index in [1.165, 1.54) is 58.4 Å². The molecule has 1 heteroatoms. The lowest BCUT2D eigenvalue weighted by atomic mass is 9.64. The highest BCUT2D eigenvalue weighted by Gasteiger charge is 2.35. The SMILES string of the molecule is Ic1ccc2c3c(ccc2c1)C1=C(CCC=C1)C(C1CCC1)C3. The summed E-state index contributed by atoms with van der Waals surface area (Å²) in [7, 11) is 0. The van der Waals surface area contributed by atoms with Crippen LogP contribution in [-0.2, 0) is 6.42 Å². The molecular formula is C22H21I. The Bertz CT molecular complexity index is 852. The lowest BCUT2D eigenvalue weighted by Crippen LogP contribution is -2.29. The van der Waals surface area contributed by atoms with E-state index in [4.69, 9.17) is 0 Å². The van der Waals surface area contributed by atoms with Crippen molar-refractivity contribution < 1.29 is 0 Å². The van der Waals surface area contributed by atoms with Gasteiger partial charge in [-0.15, -0.1) is 0 Å². The van der Waals surface area contributed by atoms with Crippen molar-refractivity contribution in [3.8, 4) is 0 Å². The first-order valence-corrected chi connectivity index (χ1v) is 10.0. The van der Waals surface area contributed by atoms with Crippen LogP contribution < -0.4 is 0 Å². The fourth-order valence-corrected chi connectivity index (χ4v) is 5.32. The molecule has 116 valence electrons. The summed E-state index contributed by atoms with van der Waals surface area (Å²) in [5, 5.41) is 2.89. The lowest BCUT2D eigenvalue weighted by Gasteiger charge is -2.40. The quantitative estimate of drug-likeness (QED) is 0.468. The summed E-state index contributed by atoms with van der Waals surface area (Å²) in [6.45, 7) is 0. The molecule has 1 atom stereocenters. The molecule has 0 radical (unpaired) electrons. The average Bonchev–Trinajstić information content (AvgIpc) is 2.53.